The van der Waals surface area contributed by atoms with E-state index in [2.05, 4.69) is 5.10 Å². The first-order valence-electron chi connectivity index (χ1n) is 6.15. The van der Waals surface area contributed by atoms with Gasteiger partial charge in [-0.3, -0.25) is 9.48 Å². The van der Waals surface area contributed by atoms with Crippen molar-refractivity contribution in [2.24, 2.45) is 11.7 Å². The van der Waals surface area contributed by atoms with Crippen LogP contribution in [0.1, 0.15) is 31.4 Å². The average Bonchev–Trinajstić information content (AvgIpc) is 2.82. The van der Waals surface area contributed by atoms with Crippen LogP contribution in [0.15, 0.2) is 6.20 Å². The Labute approximate surface area is 111 Å². The van der Waals surface area contributed by atoms with Crippen LogP contribution >= 0.6 is 11.6 Å². The van der Waals surface area contributed by atoms with Gasteiger partial charge in [0.25, 0.3) is 0 Å². The van der Waals surface area contributed by atoms with Crippen LogP contribution in [0.25, 0.3) is 0 Å². The molecule has 6 heteroatoms. The van der Waals surface area contributed by atoms with Crippen molar-refractivity contribution in [3.05, 3.63) is 16.9 Å². The minimum Gasteiger partial charge on any atom is -0.480 e. The molecule has 0 spiro atoms. The number of hydrogen-bond donors (Lipinski definition) is 2. The zero-order valence-electron chi connectivity index (χ0n) is 10.4. The molecule has 1 aliphatic carbocycles. The van der Waals surface area contributed by atoms with E-state index in [0.717, 1.165) is 25.0 Å². The Balaban J connectivity index is 2.00. The summed E-state index contributed by atoms with van der Waals surface area (Å²) >= 11 is 5.93. The Morgan fingerprint density at radius 1 is 1.78 bits per heavy atom. The third-order valence-corrected chi connectivity index (χ3v) is 4.23. The summed E-state index contributed by atoms with van der Waals surface area (Å²) in [7, 11) is 0. The topological polar surface area (TPSA) is 81.1 Å². The van der Waals surface area contributed by atoms with Crippen molar-refractivity contribution in [2.45, 2.75) is 44.7 Å². The number of hydrogen-bond acceptors (Lipinski definition) is 3. The fourth-order valence-electron chi connectivity index (χ4n) is 2.68. The van der Waals surface area contributed by atoms with Crippen molar-refractivity contribution in [2.75, 3.05) is 0 Å². The van der Waals surface area contributed by atoms with Gasteiger partial charge in [0.05, 0.1) is 10.7 Å². The van der Waals surface area contributed by atoms with Crippen LogP contribution in [0.4, 0.5) is 0 Å². The van der Waals surface area contributed by atoms with Gasteiger partial charge in [-0.25, -0.2) is 0 Å². The van der Waals surface area contributed by atoms with E-state index in [9.17, 15) is 9.90 Å². The number of carboxylic acids is 1. The monoisotopic (exact) mass is 271 g/mol. The molecule has 1 aromatic heterocycles. The normalized spacial score (nSPS) is 27.6. The molecule has 1 saturated carbocycles. The lowest BCUT2D eigenvalue weighted by Crippen LogP contribution is -2.51. The number of nitrogens with two attached hydrogens (primary N) is 1. The Bertz CT molecular complexity index is 441. The van der Waals surface area contributed by atoms with Crippen LogP contribution in [0, 0.1) is 12.8 Å². The Morgan fingerprint density at radius 3 is 3.06 bits per heavy atom. The number of carboxylic acid groups (broad SMARTS) is 1. The van der Waals surface area contributed by atoms with Gasteiger partial charge >= 0.3 is 5.97 Å². The largest absolute Gasteiger partial charge is 0.480 e. The number of aromatic nitrogens is 2. The Kier molecular flexibility index (Phi) is 3.64. The molecular formula is C12H18ClN3O2. The molecule has 100 valence electrons. The number of aryl methyl sites for hydroxylation is 2. The zero-order chi connectivity index (χ0) is 13.3. The summed E-state index contributed by atoms with van der Waals surface area (Å²) in [5.74, 6) is -0.877. The summed E-state index contributed by atoms with van der Waals surface area (Å²) in [5.41, 5.74) is 5.72. The number of halogens is 1. The van der Waals surface area contributed by atoms with E-state index in [1.807, 2.05) is 6.92 Å². The van der Waals surface area contributed by atoms with Gasteiger partial charge in [0, 0.05) is 12.7 Å². The highest BCUT2D eigenvalue weighted by molar-refractivity contribution is 6.31. The molecule has 2 rings (SSSR count). The van der Waals surface area contributed by atoms with Crippen LogP contribution in [-0.2, 0) is 11.3 Å². The standard InChI is InChI=1S/C12H18ClN3O2/c1-8-10(13)7-16(15-8)6-4-9-3-2-5-12(9,14)11(17)18/h7,9H,2-6,14H2,1H3,(H,17,18). The first kappa shape index (κ1) is 13.4. The molecule has 0 saturated heterocycles. The van der Waals surface area contributed by atoms with Crippen LogP contribution in [0.5, 0.6) is 0 Å². The molecule has 0 radical (unpaired) electrons. The van der Waals surface area contributed by atoms with Gasteiger partial charge in [-0.2, -0.15) is 5.10 Å². The molecule has 0 aromatic carbocycles. The molecule has 1 heterocycles. The molecule has 1 aromatic rings. The second-order valence-electron chi connectivity index (χ2n) is 5.05. The maximum absolute atomic E-state index is 11.2. The first-order valence-corrected chi connectivity index (χ1v) is 6.53. The zero-order valence-corrected chi connectivity index (χ0v) is 11.2. The third kappa shape index (κ3) is 2.37. The lowest BCUT2D eigenvalue weighted by Gasteiger charge is -2.26. The van der Waals surface area contributed by atoms with Crippen molar-refractivity contribution < 1.29 is 9.90 Å². The molecule has 0 bridgehead atoms. The molecule has 0 aliphatic heterocycles. The van der Waals surface area contributed by atoms with E-state index < -0.39 is 11.5 Å². The van der Waals surface area contributed by atoms with E-state index in [1.54, 1.807) is 10.9 Å². The van der Waals surface area contributed by atoms with Crippen molar-refractivity contribution in [1.82, 2.24) is 9.78 Å². The van der Waals surface area contributed by atoms with Gasteiger partial charge in [-0.05, 0) is 32.1 Å². The third-order valence-electron chi connectivity index (χ3n) is 3.86. The van der Waals surface area contributed by atoms with E-state index in [1.165, 1.54) is 0 Å². The van der Waals surface area contributed by atoms with Crippen LogP contribution in [0.3, 0.4) is 0 Å². The van der Waals surface area contributed by atoms with Gasteiger partial charge in [-0.15, -0.1) is 0 Å². The van der Waals surface area contributed by atoms with Crippen molar-refractivity contribution in [1.29, 1.82) is 0 Å². The lowest BCUT2D eigenvalue weighted by molar-refractivity contribution is -0.144. The van der Waals surface area contributed by atoms with Gasteiger partial charge < -0.3 is 10.8 Å². The number of aliphatic carboxylic acids is 1. The summed E-state index contributed by atoms with van der Waals surface area (Å²) in [6, 6.07) is 0. The van der Waals surface area contributed by atoms with E-state index in [0.29, 0.717) is 18.0 Å². The molecule has 2 unspecified atom stereocenters. The molecule has 2 atom stereocenters. The molecule has 5 nitrogen and oxygen atoms in total. The molecule has 18 heavy (non-hydrogen) atoms. The van der Waals surface area contributed by atoms with Gasteiger partial charge in [0.1, 0.15) is 5.54 Å². The average molecular weight is 272 g/mol. The summed E-state index contributed by atoms with van der Waals surface area (Å²) in [6.07, 6.45) is 4.81. The summed E-state index contributed by atoms with van der Waals surface area (Å²) in [4.78, 5) is 11.2. The molecule has 3 N–H and O–H groups in total. The smallest absolute Gasteiger partial charge is 0.323 e. The van der Waals surface area contributed by atoms with E-state index in [-0.39, 0.29) is 5.92 Å². The second-order valence-corrected chi connectivity index (χ2v) is 5.46. The highest BCUT2D eigenvalue weighted by Gasteiger charge is 2.45. The highest BCUT2D eigenvalue weighted by atomic mass is 35.5. The summed E-state index contributed by atoms with van der Waals surface area (Å²) < 4.78 is 1.76. The van der Waals surface area contributed by atoms with Crippen LogP contribution in [0.2, 0.25) is 5.02 Å². The van der Waals surface area contributed by atoms with E-state index >= 15 is 0 Å². The summed E-state index contributed by atoms with van der Waals surface area (Å²) in [6.45, 7) is 2.50. The van der Waals surface area contributed by atoms with Gasteiger partial charge in [0.2, 0.25) is 0 Å². The predicted molar refractivity (Wildman–Crippen MR) is 68.5 cm³/mol. The molecule has 1 fully saturated rings. The van der Waals surface area contributed by atoms with Gasteiger partial charge in [0.15, 0.2) is 0 Å². The Hall–Kier alpha value is -1.07. The second kappa shape index (κ2) is 4.90. The predicted octanol–water partition coefficient (Wildman–Crippen LogP) is 1.82. The Morgan fingerprint density at radius 2 is 2.50 bits per heavy atom. The number of rotatable bonds is 4. The number of nitrogens with zero attached hydrogens (tertiary/aromatic N) is 2. The molecular weight excluding hydrogens is 254 g/mol. The fourth-order valence-corrected chi connectivity index (χ4v) is 2.83. The number of carbonyl (C=O) groups is 1. The SMILES string of the molecule is Cc1nn(CCC2CCCC2(N)C(=O)O)cc1Cl. The minimum atomic E-state index is -1.06. The highest BCUT2D eigenvalue weighted by Crippen LogP contribution is 2.36. The van der Waals surface area contributed by atoms with Crippen LogP contribution in [-0.4, -0.2) is 26.4 Å². The first-order chi connectivity index (χ1) is 8.43. The van der Waals surface area contributed by atoms with Crippen LogP contribution < -0.4 is 5.73 Å². The lowest BCUT2D eigenvalue weighted by atomic mass is 9.86. The van der Waals surface area contributed by atoms with Crippen molar-refractivity contribution >= 4 is 17.6 Å². The van der Waals surface area contributed by atoms with E-state index in [4.69, 9.17) is 17.3 Å². The maximum atomic E-state index is 11.2. The quantitative estimate of drug-likeness (QED) is 0.875. The van der Waals surface area contributed by atoms with Crippen molar-refractivity contribution in [3.8, 4) is 0 Å². The molecule has 1 aliphatic rings. The fraction of sp³-hybridized carbons (Fsp3) is 0.667. The van der Waals surface area contributed by atoms with Gasteiger partial charge in [-0.1, -0.05) is 18.0 Å². The maximum Gasteiger partial charge on any atom is 0.323 e. The van der Waals surface area contributed by atoms with Crippen molar-refractivity contribution in [3.63, 3.8) is 0 Å². The summed E-state index contributed by atoms with van der Waals surface area (Å²) in [5, 5.41) is 14.1. The molecule has 0 amide bonds. The minimum absolute atomic E-state index is 0.0123.